The number of anilines is 1. The molecule has 0 atom stereocenters. The first-order valence-corrected chi connectivity index (χ1v) is 7.64. The van der Waals surface area contributed by atoms with Crippen LogP contribution < -0.4 is 4.90 Å². The molecule has 1 aromatic rings. The zero-order valence-corrected chi connectivity index (χ0v) is 13.0. The summed E-state index contributed by atoms with van der Waals surface area (Å²) in [5.74, 6) is -0.574. The van der Waals surface area contributed by atoms with Gasteiger partial charge in [0.2, 0.25) is 0 Å². The molecule has 0 unspecified atom stereocenters. The van der Waals surface area contributed by atoms with Crippen LogP contribution in [-0.2, 0) is 9.47 Å². The molecule has 0 bridgehead atoms. The fourth-order valence-corrected chi connectivity index (χ4v) is 3.31. The van der Waals surface area contributed by atoms with Crippen LogP contribution in [0.3, 0.4) is 0 Å². The van der Waals surface area contributed by atoms with E-state index in [4.69, 9.17) is 9.47 Å². The van der Waals surface area contributed by atoms with Gasteiger partial charge < -0.3 is 14.4 Å². The normalized spacial score (nSPS) is 21.4. The van der Waals surface area contributed by atoms with Gasteiger partial charge in [-0.2, -0.15) is 0 Å². The van der Waals surface area contributed by atoms with Crippen LogP contribution >= 0.6 is 22.6 Å². The van der Waals surface area contributed by atoms with E-state index in [1.54, 1.807) is 6.07 Å². The maximum Gasteiger partial charge on any atom is 0.293 e. The number of nitro benzene ring substituents is 1. The Bertz CT molecular complexity index is 531. The minimum Gasteiger partial charge on any atom is -0.361 e. The van der Waals surface area contributed by atoms with Crippen molar-refractivity contribution < 1.29 is 14.4 Å². The van der Waals surface area contributed by atoms with E-state index in [-0.39, 0.29) is 10.6 Å². The van der Waals surface area contributed by atoms with Crippen LogP contribution in [0.4, 0.5) is 11.4 Å². The van der Waals surface area contributed by atoms with Gasteiger partial charge in [0.1, 0.15) is 5.69 Å². The lowest BCUT2D eigenvalue weighted by molar-refractivity contribution is -0.384. The highest BCUT2D eigenvalue weighted by Gasteiger charge is 2.41. The van der Waals surface area contributed by atoms with Gasteiger partial charge in [0.15, 0.2) is 5.79 Å². The smallest absolute Gasteiger partial charge is 0.293 e. The predicted molar refractivity (Wildman–Crippen MR) is 81.9 cm³/mol. The quantitative estimate of drug-likeness (QED) is 0.441. The number of nitro groups is 1. The minimum atomic E-state index is -0.574. The molecule has 108 valence electrons. The van der Waals surface area contributed by atoms with E-state index in [9.17, 15) is 10.1 Å². The predicted octanol–water partition coefficient (Wildman–Crippen LogP) is 2.54. The standard InChI is InChI=1S/C13H15IN2O4/c14-10-2-3-11(12(8-10)16(17)18)15-5-1-4-13(9-15)19-6-7-20-13/h2-3,8H,1,4-7,9H2. The van der Waals surface area contributed by atoms with Gasteiger partial charge in [-0.25, -0.2) is 0 Å². The van der Waals surface area contributed by atoms with Gasteiger partial charge >= 0.3 is 0 Å². The Morgan fingerprint density at radius 2 is 2.10 bits per heavy atom. The number of rotatable bonds is 2. The highest BCUT2D eigenvalue weighted by molar-refractivity contribution is 14.1. The fourth-order valence-electron chi connectivity index (χ4n) is 2.84. The second kappa shape index (κ2) is 5.45. The summed E-state index contributed by atoms with van der Waals surface area (Å²) in [5, 5.41) is 11.2. The molecule has 0 aliphatic carbocycles. The molecule has 1 aromatic carbocycles. The van der Waals surface area contributed by atoms with Crippen molar-refractivity contribution in [3.63, 3.8) is 0 Å². The van der Waals surface area contributed by atoms with E-state index in [0.717, 1.165) is 23.0 Å². The van der Waals surface area contributed by atoms with E-state index in [0.29, 0.717) is 25.4 Å². The first-order valence-electron chi connectivity index (χ1n) is 6.56. The summed E-state index contributed by atoms with van der Waals surface area (Å²) < 4.78 is 12.3. The van der Waals surface area contributed by atoms with Crippen LogP contribution in [-0.4, -0.2) is 37.0 Å². The van der Waals surface area contributed by atoms with Crippen molar-refractivity contribution in [2.75, 3.05) is 31.2 Å². The van der Waals surface area contributed by atoms with E-state index in [1.807, 2.05) is 17.0 Å². The van der Waals surface area contributed by atoms with E-state index >= 15 is 0 Å². The number of nitrogens with zero attached hydrogens (tertiary/aromatic N) is 2. The van der Waals surface area contributed by atoms with Crippen molar-refractivity contribution >= 4 is 34.0 Å². The van der Waals surface area contributed by atoms with Gasteiger partial charge in [0.05, 0.1) is 24.7 Å². The molecule has 6 nitrogen and oxygen atoms in total. The molecule has 0 radical (unpaired) electrons. The summed E-state index contributed by atoms with van der Waals surface area (Å²) in [6.07, 6.45) is 1.75. The Balaban J connectivity index is 1.90. The average molecular weight is 390 g/mol. The van der Waals surface area contributed by atoms with Gasteiger partial charge in [-0.3, -0.25) is 10.1 Å². The molecule has 2 heterocycles. The summed E-state index contributed by atoms with van der Waals surface area (Å²) in [7, 11) is 0. The zero-order valence-electron chi connectivity index (χ0n) is 10.9. The Morgan fingerprint density at radius 3 is 2.80 bits per heavy atom. The third-order valence-electron chi connectivity index (χ3n) is 3.71. The fraction of sp³-hybridized carbons (Fsp3) is 0.538. The third-order valence-corrected chi connectivity index (χ3v) is 4.38. The van der Waals surface area contributed by atoms with Gasteiger partial charge in [0, 0.05) is 22.6 Å². The topological polar surface area (TPSA) is 64.8 Å². The molecule has 0 amide bonds. The molecule has 2 aliphatic rings. The van der Waals surface area contributed by atoms with Crippen molar-refractivity contribution in [1.29, 1.82) is 0 Å². The van der Waals surface area contributed by atoms with Crippen LogP contribution in [0.1, 0.15) is 12.8 Å². The Labute approximate surface area is 130 Å². The molecule has 0 aromatic heterocycles. The van der Waals surface area contributed by atoms with Crippen molar-refractivity contribution in [2.24, 2.45) is 0 Å². The molecule has 2 aliphatic heterocycles. The molecular formula is C13H15IN2O4. The third kappa shape index (κ3) is 2.61. The number of halogens is 1. The summed E-state index contributed by atoms with van der Waals surface area (Å²) in [6, 6.07) is 5.31. The number of hydrogen-bond acceptors (Lipinski definition) is 5. The second-order valence-corrected chi connectivity index (χ2v) is 6.27. The summed E-state index contributed by atoms with van der Waals surface area (Å²) in [6.45, 7) is 2.54. The second-order valence-electron chi connectivity index (χ2n) is 5.02. The maximum atomic E-state index is 11.2. The Hall–Kier alpha value is -0.930. The lowest BCUT2D eigenvalue weighted by Crippen LogP contribution is -2.49. The van der Waals surface area contributed by atoms with Crippen LogP contribution in [0.5, 0.6) is 0 Å². The average Bonchev–Trinajstić information content (AvgIpc) is 2.86. The molecular weight excluding hydrogens is 375 g/mol. The zero-order chi connectivity index (χ0) is 14.2. The monoisotopic (exact) mass is 390 g/mol. The SMILES string of the molecule is O=[N+]([O-])c1cc(I)ccc1N1CCCC2(C1)OCCO2. The van der Waals surface area contributed by atoms with Crippen LogP contribution in [0.25, 0.3) is 0 Å². The Morgan fingerprint density at radius 1 is 1.35 bits per heavy atom. The number of piperidine rings is 1. The van der Waals surface area contributed by atoms with Gasteiger partial charge in [0.25, 0.3) is 5.69 Å². The molecule has 0 saturated carbocycles. The first-order chi connectivity index (χ1) is 9.60. The highest BCUT2D eigenvalue weighted by atomic mass is 127. The minimum absolute atomic E-state index is 0.145. The molecule has 3 rings (SSSR count). The van der Waals surface area contributed by atoms with Crippen LogP contribution in [0.2, 0.25) is 0 Å². The largest absolute Gasteiger partial charge is 0.361 e. The highest BCUT2D eigenvalue weighted by Crippen LogP contribution is 2.36. The van der Waals surface area contributed by atoms with Gasteiger partial charge in [-0.05, 0) is 41.1 Å². The van der Waals surface area contributed by atoms with Gasteiger partial charge in [-0.15, -0.1) is 0 Å². The summed E-state index contributed by atoms with van der Waals surface area (Å²) >= 11 is 2.09. The molecule has 2 saturated heterocycles. The van der Waals surface area contributed by atoms with Crippen molar-refractivity contribution in [3.05, 3.63) is 31.9 Å². The van der Waals surface area contributed by atoms with Crippen molar-refractivity contribution in [3.8, 4) is 0 Å². The molecule has 20 heavy (non-hydrogen) atoms. The van der Waals surface area contributed by atoms with Crippen molar-refractivity contribution in [2.45, 2.75) is 18.6 Å². The molecule has 0 N–H and O–H groups in total. The number of ether oxygens (including phenoxy) is 2. The van der Waals surface area contributed by atoms with E-state index in [1.165, 1.54) is 0 Å². The van der Waals surface area contributed by atoms with Gasteiger partial charge in [-0.1, -0.05) is 0 Å². The lowest BCUT2D eigenvalue weighted by Gasteiger charge is -2.39. The van der Waals surface area contributed by atoms with E-state index in [2.05, 4.69) is 22.6 Å². The van der Waals surface area contributed by atoms with E-state index < -0.39 is 5.79 Å². The first kappa shape index (κ1) is 14.0. The Kier molecular flexibility index (Phi) is 3.83. The lowest BCUT2D eigenvalue weighted by atomic mass is 10.0. The number of hydrogen-bond donors (Lipinski definition) is 0. The summed E-state index contributed by atoms with van der Waals surface area (Å²) in [4.78, 5) is 12.9. The molecule has 7 heteroatoms. The molecule has 1 spiro atoms. The van der Waals surface area contributed by atoms with Crippen molar-refractivity contribution in [1.82, 2.24) is 0 Å². The molecule has 2 fully saturated rings. The van der Waals surface area contributed by atoms with Crippen LogP contribution in [0, 0.1) is 13.7 Å². The van der Waals surface area contributed by atoms with Crippen LogP contribution in [0.15, 0.2) is 18.2 Å². The summed E-state index contributed by atoms with van der Waals surface area (Å²) in [5.41, 5.74) is 0.792. The number of benzene rings is 1. The maximum absolute atomic E-state index is 11.2.